The third kappa shape index (κ3) is 5.48. The standard InChI is InChI=1S/C20H24ClN3O/c1-14(16-5-3-2-4-6-16)23-19-10-9-17(11-18(19)21)24-20(25)13-22-12-15-7-8-15/h2-6,9-11,14-15,22-23H,7-8,12-13H2,1H3,(H,24,25). The summed E-state index contributed by atoms with van der Waals surface area (Å²) in [5, 5.41) is 10.0. The van der Waals surface area contributed by atoms with E-state index in [-0.39, 0.29) is 11.9 Å². The number of nitrogens with one attached hydrogen (secondary N) is 3. The highest BCUT2D eigenvalue weighted by Gasteiger charge is 2.20. The first kappa shape index (κ1) is 17.8. The summed E-state index contributed by atoms with van der Waals surface area (Å²) in [5.41, 5.74) is 2.75. The predicted molar refractivity (Wildman–Crippen MR) is 104 cm³/mol. The van der Waals surface area contributed by atoms with Gasteiger partial charge in [0, 0.05) is 11.7 Å². The molecule has 1 aliphatic carbocycles. The molecule has 1 amide bonds. The maximum absolute atomic E-state index is 11.9. The predicted octanol–water partition coefficient (Wildman–Crippen LogP) is 4.45. The minimum Gasteiger partial charge on any atom is -0.377 e. The fourth-order valence-electron chi connectivity index (χ4n) is 2.69. The molecule has 3 N–H and O–H groups in total. The summed E-state index contributed by atoms with van der Waals surface area (Å²) in [6.07, 6.45) is 2.56. The van der Waals surface area contributed by atoms with Crippen molar-refractivity contribution in [2.24, 2.45) is 5.92 Å². The van der Waals surface area contributed by atoms with Crippen molar-refractivity contribution in [1.82, 2.24) is 5.32 Å². The fourth-order valence-corrected chi connectivity index (χ4v) is 2.92. The molecule has 3 rings (SSSR count). The number of carbonyl (C=O) groups excluding carboxylic acids is 1. The van der Waals surface area contributed by atoms with Gasteiger partial charge in [0.15, 0.2) is 0 Å². The number of carbonyl (C=O) groups is 1. The Morgan fingerprint density at radius 3 is 2.64 bits per heavy atom. The molecular formula is C20H24ClN3O. The molecule has 0 spiro atoms. The minimum atomic E-state index is -0.0462. The van der Waals surface area contributed by atoms with E-state index in [2.05, 4.69) is 35.0 Å². The fraction of sp³-hybridized carbons (Fsp3) is 0.350. The van der Waals surface area contributed by atoms with Crippen molar-refractivity contribution >= 4 is 28.9 Å². The van der Waals surface area contributed by atoms with Gasteiger partial charge in [-0.15, -0.1) is 0 Å². The third-order valence-electron chi connectivity index (χ3n) is 4.34. The van der Waals surface area contributed by atoms with E-state index >= 15 is 0 Å². The van der Waals surface area contributed by atoms with Crippen LogP contribution < -0.4 is 16.0 Å². The lowest BCUT2D eigenvalue weighted by molar-refractivity contribution is -0.115. The number of hydrogen-bond acceptors (Lipinski definition) is 3. The molecule has 0 saturated heterocycles. The van der Waals surface area contributed by atoms with Gasteiger partial charge in [-0.3, -0.25) is 4.79 Å². The summed E-state index contributed by atoms with van der Waals surface area (Å²) >= 11 is 6.37. The summed E-state index contributed by atoms with van der Waals surface area (Å²) < 4.78 is 0. The molecule has 1 saturated carbocycles. The van der Waals surface area contributed by atoms with Gasteiger partial charge in [-0.2, -0.15) is 0 Å². The Morgan fingerprint density at radius 2 is 1.96 bits per heavy atom. The van der Waals surface area contributed by atoms with Crippen molar-refractivity contribution in [1.29, 1.82) is 0 Å². The number of benzene rings is 2. The van der Waals surface area contributed by atoms with E-state index < -0.39 is 0 Å². The molecule has 1 aliphatic rings. The third-order valence-corrected chi connectivity index (χ3v) is 4.65. The molecule has 0 heterocycles. The molecule has 2 aromatic rings. The first-order valence-electron chi connectivity index (χ1n) is 8.73. The van der Waals surface area contributed by atoms with E-state index in [9.17, 15) is 4.79 Å². The van der Waals surface area contributed by atoms with Gasteiger partial charge in [0.05, 0.1) is 17.3 Å². The van der Waals surface area contributed by atoms with Crippen LogP contribution in [0.2, 0.25) is 5.02 Å². The van der Waals surface area contributed by atoms with Crippen molar-refractivity contribution < 1.29 is 4.79 Å². The van der Waals surface area contributed by atoms with Crippen molar-refractivity contribution in [2.75, 3.05) is 23.7 Å². The second kappa shape index (κ2) is 8.37. The summed E-state index contributed by atoms with van der Waals surface area (Å²) in [5.74, 6) is 0.717. The van der Waals surface area contributed by atoms with Crippen molar-refractivity contribution in [3.63, 3.8) is 0 Å². The van der Waals surface area contributed by atoms with Crippen molar-refractivity contribution in [3.05, 3.63) is 59.1 Å². The second-order valence-corrected chi connectivity index (χ2v) is 7.00. The van der Waals surface area contributed by atoms with Crippen LogP contribution in [0.25, 0.3) is 0 Å². The summed E-state index contributed by atoms with van der Waals surface area (Å²) in [7, 11) is 0. The van der Waals surface area contributed by atoms with E-state index in [1.807, 2.05) is 30.3 Å². The van der Waals surface area contributed by atoms with Gasteiger partial charge in [0.1, 0.15) is 0 Å². The van der Waals surface area contributed by atoms with E-state index in [0.29, 0.717) is 17.3 Å². The highest BCUT2D eigenvalue weighted by molar-refractivity contribution is 6.33. The highest BCUT2D eigenvalue weighted by Crippen LogP contribution is 2.29. The first-order valence-corrected chi connectivity index (χ1v) is 9.11. The monoisotopic (exact) mass is 357 g/mol. The molecule has 1 unspecified atom stereocenters. The molecule has 25 heavy (non-hydrogen) atoms. The van der Waals surface area contributed by atoms with E-state index in [4.69, 9.17) is 11.6 Å². The Balaban J connectivity index is 1.53. The Hall–Kier alpha value is -2.04. The van der Waals surface area contributed by atoms with Crippen LogP contribution in [0.5, 0.6) is 0 Å². The molecule has 132 valence electrons. The Labute approximate surface area is 154 Å². The zero-order valence-electron chi connectivity index (χ0n) is 14.4. The number of hydrogen-bond donors (Lipinski definition) is 3. The van der Waals surface area contributed by atoms with Gasteiger partial charge in [0.25, 0.3) is 0 Å². The Kier molecular flexibility index (Phi) is 5.95. The molecule has 1 fully saturated rings. The summed E-state index contributed by atoms with van der Waals surface area (Å²) in [4.78, 5) is 11.9. The lowest BCUT2D eigenvalue weighted by Gasteiger charge is -2.17. The Morgan fingerprint density at radius 1 is 1.20 bits per heavy atom. The summed E-state index contributed by atoms with van der Waals surface area (Å²) in [6, 6.07) is 15.9. The van der Waals surface area contributed by atoms with E-state index in [1.54, 1.807) is 6.07 Å². The average Bonchev–Trinajstić information content (AvgIpc) is 3.42. The zero-order valence-corrected chi connectivity index (χ0v) is 15.1. The maximum atomic E-state index is 11.9. The van der Waals surface area contributed by atoms with Gasteiger partial charge in [0.2, 0.25) is 5.91 Å². The average molecular weight is 358 g/mol. The largest absolute Gasteiger partial charge is 0.377 e. The van der Waals surface area contributed by atoms with Gasteiger partial charge >= 0.3 is 0 Å². The van der Waals surface area contributed by atoms with Gasteiger partial charge in [-0.1, -0.05) is 41.9 Å². The van der Waals surface area contributed by atoms with Crippen LogP contribution in [0, 0.1) is 5.92 Å². The molecule has 0 bridgehead atoms. The first-order chi connectivity index (χ1) is 12.1. The van der Waals surface area contributed by atoms with Gasteiger partial charge in [-0.25, -0.2) is 0 Å². The molecule has 1 atom stereocenters. The number of halogens is 1. The lowest BCUT2D eigenvalue weighted by Crippen LogP contribution is -2.29. The second-order valence-electron chi connectivity index (χ2n) is 6.59. The van der Waals surface area contributed by atoms with Crippen molar-refractivity contribution in [2.45, 2.75) is 25.8 Å². The molecule has 0 radical (unpaired) electrons. The van der Waals surface area contributed by atoms with Crippen LogP contribution in [0.15, 0.2) is 48.5 Å². The van der Waals surface area contributed by atoms with Gasteiger partial charge in [-0.05, 0) is 56.0 Å². The normalized spacial score (nSPS) is 14.8. The molecule has 0 aromatic heterocycles. The van der Waals surface area contributed by atoms with E-state index in [1.165, 1.54) is 18.4 Å². The smallest absolute Gasteiger partial charge is 0.238 e. The number of anilines is 2. The molecule has 2 aromatic carbocycles. The van der Waals surface area contributed by atoms with Crippen LogP contribution in [-0.4, -0.2) is 19.0 Å². The molecule has 4 nitrogen and oxygen atoms in total. The molecular weight excluding hydrogens is 334 g/mol. The van der Waals surface area contributed by atoms with Crippen molar-refractivity contribution in [3.8, 4) is 0 Å². The van der Waals surface area contributed by atoms with Crippen LogP contribution in [0.1, 0.15) is 31.4 Å². The molecule has 5 heteroatoms. The number of rotatable bonds is 8. The highest BCUT2D eigenvalue weighted by atomic mass is 35.5. The van der Waals surface area contributed by atoms with Crippen LogP contribution in [-0.2, 0) is 4.79 Å². The quantitative estimate of drug-likeness (QED) is 0.654. The number of amides is 1. The van der Waals surface area contributed by atoms with Crippen LogP contribution in [0.3, 0.4) is 0 Å². The topological polar surface area (TPSA) is 53.2 Å². The minimum absolute atomic E-state index is 0.0462. The summed E-state index contributed by atoms with van der Waals surface area (Å²) in [6.45, 7) is 3.35. The van der Waals surface area contributed by atoms with Crippen LogP contribution in [0.4, 0.5) is 11.4 Å². The van der Waals surface area contributed by atoms with Gasteiger partial charge < -0.3 is 16.0 Å². The maximum Gasteiger partial charge on any atom is 0.238 e. The Bertz CT molecular complexity index is 716. The van der Waals surface area contributed by atoms with Crippen LogP contribution >= 0.6 is 11.6 Å². The molecule has 0 aliphatic heterocycles. The lowest BCUT2D eigenvalue weighted by atomic mass is 10.1. The SMILES string of the molecule is CC(Nc1ccc(NC(=O)CNCC2CC2)cc1Cl)c1ccccc1. The zero-order chi connectivity index (χ0) is 17.6. The van der Waals surface area contributed by atoms with E-state index in [0.717, 1.165) is 18.2 Å².